The van der Waals surface area contributed by atoms with Crippen molar-refractivity contribution in [3.63, 3.8) is 0 Å². The number of allylic oxidation sites excluding steroid dienone is 1. The molecule has 160 valence electrons. The van der Waals surface area contributed by atoms with Gasteiger partial charge in [-0.05, 0) is 62.1 Å². The van der Waals surface area contributed by atoms with Crippen molar-refractivity contribution < 1.29 is 22.7 Å². The van der Waals surface area contributed by atoms with Gasteiger partial charge in [0.1, 0.15) is 11.3 Å². The molecule has 31 heavy (non-hydrogen) atoms. The Hall–Kier alpha value is -2.04. The Labute approximate surface area is 208 Å². The Kier molecular flexibility index (Phi) is 9.39. The van der Waals surface area contributed by atoms with Gasteiger partial charge < -0.3 is 15.8 Å². The monoisotopic (exact) mass is 473 g/mol. The molecular formula is C20H21ClN3NaO5S. The standard InChI is InChI=1S/C20H20ClN3O5S.Na.H/c21-13-6-8-14(9-7-13)23-18-15(24-30(27)28)10-11-16(17(18)19(22)25)29-20(26)12-4-2-1-3-5-12;;/h4,6-11,23,30H,1-3,5H2,(H2,22,25)(H,24,27,28);;. The average Bonchev–Trinajstić information content (AvgIpc) is 2.71. The van der Waals surface area contributed by atoms with Crippen LogP contribution < -0.4 is 20.5 Å². The molecule has 0 atom stereocenters. The van der Waals surface area contributed by atoms with E-state index in [-0.39, 0.29) is 52.2 Å². The molecule has 0 saturated heterocycles. The van der Waals surface area contributed by atoms with Gasteiger partial charge in [-0.1, -0.05) is 17.7 Å². The van der Waals surface area contributed by atoms with Crippen LogP contribution in [0.1, 0.15) is 36.0 Å². The quantitative estimate of drug-likeness (QED) is 0.212. The third kappa shape index (κ3) is 6.72. The van der Waals surface area contributed by atoms with Gasteiger partial charge in [-0.15, -0.1) is 0 Å². The van der Waals surface area contributed by atoms with Gasteiger partial charge in [0.15, 0.2) is 0 Å². The molecule has 1 aliphatic rings. The summed E-state index contributed by atoms with van der Waals surface area (Å²) in [5, 5.41) is 3.45. The fraction of sp³-hybridized carbons (Fsp3) is 0.200. The number of esters is 1. The van der Waals surface area contributed by atoms with Crippen LogP contribution in [0.15, 0.2) is 48.0 Å². The van der Waals surface area contributed by atoms with Crippen molar-refractivity contribution >= 4 is 81.0 Å². The topological polar surface area (TPSA) is 128 Å². The van der Waals surface area contributed by atoms with Crippen LogP contribution in [0.25, 0.3) is 0 Å². The molecule has 0 radical (unpaired) electrons. The van der Waals surface area contributed by atoms with Crippen LogP contribution in [0.5, 0.6) is 5.75 Å². The summed E-state index contributed by atoms with van der Waals surface area (Å²) >= 11 is 5.90. The van der Waals surface area contributed by atoms with E-state index >= 15 is 0 Å². The first-order valence-electron chi connectivity index (χ1n) is 9.17. The molecule has 1 aliphatic carbocycles. The summed E-state index contributed by atoms with van der Waals surface area (Å²) in [5.41, 5.74) is 6.60. The number of primary amides is 1. The van der Waals surface area contributed by atoms with Gasteiger partial charge in [0, 0.05) is 16.3 Å². The van der Waals surface area contributed by atoms with E-state index in [4.69, 9.17) is 22.1 Å². The predicted molar refractivity (Wildman–Crippen MR) is 123 cm³/mol. The molecule has 11 heteroatoms. The van der Waals surface area contributed by atoms with Crippen LogP contribution in [-0.2, 0) is 15.7 Å². The first-order valence-corrected chi connectivity index (χ1v) is 10.7. The SMILES string of the molecule is NC(=O)c1c(OC(=O)C2=CCCCC2)ccc(N[SH](=O)=O)c1Nc1ccc(Cl)cc1.[NaH]. The normalized spacial score (nSPS) is 13.0. The van der Waals surface area contributed by atoms with Crippen LogP contribution in [0.3, 0.4) is 0 Å². The maximum atomic E-state index is 12.5. The minimum atomic E-state index is -3.02. The molecule has 1 amide bonds. The minimum absolute atomic E-state index is 0. The van der Waals surface area contributed by atoms with Crippen molar-refractivity contribution in [1.82, 2.24) is 0 Å². The number of anilines is 3. The summed E-state index contributed by atoms with van der Waals surface area (Å²) in [7, 11) is -3.02. The fourth-order valence-corrected chi connectivity index (χ4v) is 3.61. The van der Waals surface area contributed by atoms with Crippen LogP contribution in [0.2, 0.25) is 5.02 Å². The predicted octanol–water partition coefficient (Wildman–Crippen LogP) is 2.88. The third-order valence-electron chi connectivity index (χ3n) is 4.49. The molecule has 0 spiro atoms. The summed E-state index contributed by atoms with van der Waals surface area (Å²) in [6.07, 6.45) is 5.09. The molecule has 0 aromatic heterocycles. The Morgan fingerprint density at radius 3 is 2.35 bits per heavy atom. The zero-order valence-corrected chi connectivity index (χ0v) is 17.5. The van der Waals surface area contributed by atoms with E-state index in [1.165, 1.54) is 12.1 Å². The Morgan fingerprint density at radius 1 is 1.06 bits per heavy atom. The zero-order valence-electron chi connectivity index (χ0n) is 15.8. The van der Waals surface area contributed by atoms with E-state index in [2.05, 4.69) is 10.0 Å². The van der Waals surface area contributed by atoms with Gasteiger partial charge in [0.2, 0.25) is 10.9 Å². The van der Waals surface area contributed by atoms with Gasteiger partial charge in [-0.25, -0.2) is 13.2 Å². The number of rotatable bonds is 7. The summed E-state index contributed by atoms with van der Waals surface area (Å²) in [4.78, 5) is 24.8. The van der Waals surface area contributed by atoms with Crippen molar-refractivity contribution in [2.75, 3.05) is 10.0 Å². The molecule has 0 unspecified atom stereocenters. The Balaban J connectivity index is 0.00000341. The number of hydrogen-bond acceptors (Lipinski definition) is 6. The number of ether oxygens (including phenoxy) is 1. The number of carbonyl (C=O) groups excluding carboxylic acids is 2. The molecule has 0 aliphatic heterocycles. The van der Waals surface area contributed by atoms with Gasteiger partial charge in [0.25, 0.3) is 5.91 Å². The molecule has 0 heterocycles. The van der Waals surface area contributed by atoms with Gasteiger partial charge in [0.05, 0.1) is 11.4 Å². The second-order valence-electron chi connectivity index (χ2n) is 6.59. The molecular weight excluding hydrogens is 453 g/mol. The van der Waals surface area contributed by atoms with Crippen molar-refractivity contribution in [3.8, 4) is 5.75 Å². The summed E-state index contributed by atoms with van der Waals surface area (Å²) < 4.78 is 30.2. The first kappa shape index (κ1) is 25.2. The molecule has 3 rings (SSSR count). The number of carbonyl (C=O) groups is 2. The zero-order chi connectivity index (χ0) is 21.7. The van der Waals surface area contributed by atoms with Crippen LogP contribution in [0.4, 0.5) is 17.1 Å². The van der Waals surface area contributed by atoms with E-state index in [9.17, 15) is 18.0 Å². The summed E-state index contributed by atoms with van der Waals surface area (Å²) in [6, 6.07) is 9.23. The summed E-state index contributed by atoms with van der Waals surface area (Å²) in [5.74, 6) is -1.52. The van der Waals surface area contributed by atoms with Crippen molar-refractivity contribution in [1.29, 1.82) is 0 Å². The van der Waals surface area contributed by atoms with Gasteiger partial charge in [-0.2, -0.15) is 0 Å². The number of hydrogen-bond donors (Lipinski definition) is 4. The number of halogens is 1. The third-order valence-corrected chi connectivity index (χ3v) is 5.17. The number of benzene rings is 2. The van der Waals surface area contributed by atoms with Gasteiger partial charge in [-0.3, -0.25) is 9.52 Å². The Morgan fingerprint density at radius 2 is 1.77 bits per heavy atom. The van der Waals surface area contributed by atoms with E-state index in [1.807, 2.05) is 6.08 Å². The molecule has 2 aromatic carbocycles. The van der Waals surface area contributed by atoms with Crippen molar-refractivity contribution in [3.05, 3.63) is 58.6 Å². The second kappa shape index (κ2) is 11.5. The van der Waals surface area contributed by atoms with E-state index in [0.29, 0.717) is 22.7 Å². The molecule has 0 fully saturated rings. The Bertz CT molecular complexity index is 1080. The molecule has 8 nitrogen and oxygen atoms in total. The number of nitrogens with two attached hydrogens (primary N) is 1. The van der Waals surface area contributed by atoms with Crippen LogP contribution >= 0.6 is 11.6 Å². The average molecular weight is 474 g/mol. The first-order chi connectivity index (χ1) is 14.3. The van der Waals surface area contributed by atoms with E-state index in [1.54, 1.807) is 24.3 Å². The maximum absolute atomic E-state index is 12.5. The summed E-state index contributed by atoms with van der Waals surface area (Å²) in [6.45, 7) is 0. The van der Waals surface area contributed by atoms with E-state index < -0.39 is 22.8 Å². The number of nitrogens with one attached hydrogen (secondary N) is 2. The second-order valence-corrected chi connectivity index (χ2v) is 7.77. The van der Waals surface area contributed by atoms with Crippen LogP contribution in [0, 0.1) is 0 Å². The van der Waals surface area contributed by atoms with Crippen LogP contribution in [-0.4, -0.2) is 49.9 Å². The van der Waals surface area contributed by atoms with Crippen molar-refractivity contribution in [2.45, 2.75) is 25.7 Å². The molecule has 0 saturated carbocycles. The molecule has 0 bridgehead atoms. The van der Waals surface area contributed by atoms with E-state index in [0.717, 1.165) is 19.3 Å². The molecule has 2 aromatic rings. The number of thiol groups is 1. The number of amides is 1. The molecule has 4 N–H and O–H groups in total. The fourth-order valence-electron chi connectivity index (χ4n) is 3.10. The van der Waals surface area contributed by atoms with Gasteiger partial charge >= 0.3 is 35.5 Å². The van der Waals surface area contributed by atoms with Crippen molar-refractivity contribution in [2.24, 2.45) is 5.73 Å².